The number of hydrogen-bond acceptors (Lipinski definition) is 4. The zero-order valence-corrected chi connectivity index (χ0v) is 13.1. The molecule has 0 amide bonds. The number of nitro groups is 1. The van der Waals surface area contributed by atoms with Gasteiger partial charge in [-0.25, -0.2) is 0 Å². The van der Waals surface area contributed by atoms with Gasteiger partial charge in [0.1, 0.15) is 0 Å². The summed E-state index contributed by atoms with van der Waals surface area (Å²) in [5.41, 5.74) is 1.77. The Morgan fingerprint density at radius 1 is 1.24 bits per heavy atom. The molecule has 0 spiro atoms. The van der Waals surface area contributed by atoms with Crippen molar-refractivity contribution in [3.63, 3.8) is 0 Å². The highest BCUT2D eigenvalue weighted by atomic mass is 16.6. The fraction of sp³-hybridized carbons (Fsp3) is 0.625. The molecule has 0 aliphatic heterocycles. The standard InChI is InChI=1S/C16H25N3O2/c1-4-12-6-7-16(11(12)3)18-14-8-13(17-5-2)9-15(10-14)19(20)21/h8-12,16-18H,4-7H2,1-3H3. The van der Waals surface area contributed by atoms with Crippen molar-refractivity contribution in [1.82, 2.24) is 0 Å². The van der Waals surface area contributed by atoms with E-state index in [4.69, 9.17) is 0 Å². The molecule has 0 aromatic heterocycles. The fourth-order valence-corrected chi connectivity index (χ4v) is 3.35. The molecule has 5 heteroatoms. The maximum atomic E-state index is 11.1. The van der Waals surface area contributed by atoms with E-state index in [1.54, 1.807) is 12.1 Å². The molecule has 1 aliphatic rings. The molecule has 1 aromatic rings. The summed E-state index contributed by atoms with van der Waals surface area (Å²) in [6.07, 6.45) is 3.58. The lowest BCUT2D eigenvalue weighted by Crippen LogP contribution is -2.24. The first-order valence-electron chi connectivity index (χ1n) is 7.85. The van der Waals surface area contributed by atoms with Gasteiger partial charge in [0.2, 0.25) is 0 Å². The molecule has 5 nitrogen and oxygen atoms in total. The normalized spacial score (nSPS) is 24.8. The van der Waals surface area contributed by atoms with Crippen molar-refractivity contribution in [2.75, 3.05) is 17.2 Å². The number of nitrogens with one attached hydrogen (secondary N) is 2. The van der Waals surface area contributed by atoms with Gasteiger partial charge < -0.3 is 10.6 Å². The van der Waals surface area contributed by atoms with Crippen LogP contribution in [0.3, 0.4) is 0 Å². The molecular weight excluding hydrogens is 266 g/mol. The fourth-order valence-electron chi connectivity index (χ4n) is 3.35. The van der Waals surface area contributed by atoms with Gasteiger partial charge in [-0.1, -0.05) is 20.3 Å². The van der Waals surface area contributed by atoms with Gasteiger partial charge in [-0.3, -0.25) is 10.1 Å². The molecule has 1 saturated carbocycles. The van der Waals surface area contributed by atoms with Crippen molar-refractivity contribution < 1.29 is 4.92 Å². The van der Waals surface area contributed by atoms with Crippen LogP contribution in [0.4, 0.5) is 17.1 Å². The van der Waals surface area contributed by atoms with E-state index in [0.29, 0.717) is 12.0 Å². The highest BCUT2D eigenvalue weighted by Crippen LogP contribution is 2.36. The summed E-state index contributed by atoms with van der Waals surface area (Å²) >= 11 is 0. The Hall–Kier alpha value is -1.78. The maximum Gasteiger partial charge on any atom is 0.273 e. The van der Waals surface area contributed by atoms with E-state index < -0.39 is 0 Å². The molecule has 21 heavy (non-hydrogen) atoms. The quantitative estimate of drug-likeness (QED) is 0.607. The van der Waals surface area contributed by atoms with E-state index in [2.05, 4.69) is 24.5 Å². The summed E-state index contributed by atoms with van der Waals surface area (Å²) in [5, 5.41) is 17.7. The van der Waals surface area contributed by atoms with Crippen molar-refractivity contribution in [3.8, 4) is 0 Å². The molecule has 2 rings (SSSR count). The van der Waals surface area contributed by atoms with Crippen LogP contribution in [0, 0.1) is 22.0 Å². The lowest BCUT2D eigenvalue weighted by Gasteiger charge is -2.22. The van der Waals surface area contributed by atoms with Crippen molar-refractivity contribution in [3.05, 3.63) is 28.3 Å². The summed E-state index contributed by atoms with van der Waals surface area (Å²) in [4.78, 5) is 10.7. The van der Waals surface area contributed by atoms with Crippen LogP contribution in [-0.2, 0) is 0 Å². The van der Waals surface area contributed by atoms with Crippen LogP contribution in [0.2, 0.25) is 0 Å². The van der Waals surface area contributed by atoms with Gasteiger partial charge in [0, 0.05) is 36.1 Å². The number of hydrogen-bond donors (Lipinski definition) is 2. The Morgan fingerprint density at radius 2 is 1.95 bits per heavy atom. The SMILES string of the molecule is CCNc1cc(NC2CCC(CC)C2C)cc([N+](=O)[O-])c1. The van der Waals surface area contributed by atoms with Gasteiger partial charge in [-0.2, -0.15) is 0 Å². The van der Waals surface area contributed by atoms with E-state index in [1.807, 2.05) is 13.0 Å². The van der Waals surface area contributed by atoms with Crippen molar-refractivity contribution in [1.29, 1.82) is 0 Å². The predicted octanol–water partition coefficient (Wildman–Crippen LogP) is 4.26. The van der Waals surface area contributed by atoms with E-state index in [1.165, 1.54) is 12.8 Å². The number of non-ortho nitro benzene ring substituents is 1. The van der Waals surface area contributed by atoms with Crippen LogP contribution in [-0.4, -0.2) is 17.5 Å². The molecule has 3 atom stereocenters. The third-order valence-corrected chi connectivity index (χ3v) is 4.61. The van der Waals surface area contributed by atoms with Crippen LogP contribution in [0.15, 0.2) is 18.2 Å². The topological polar surface area (TPSA) is 67.2 Å². The molecule has 0 heterocycles. The van der Waals surface area contributed by atoms with Crippen LogP contribution < -0.4 is 10.6 Å². The molecule has 0 bridgehead atoms. The first kappa shape index (κ1) is 15.6. The molecule has 0 radical (unpaired) electrons. The molecular formula is C16H25N3O2. The average molecular weight is 291 g/mol. The van der Waals surface area contributed by atoms with Gasteiger partial charge in [0.15, 0.2) is 0 Å². The minimum atomic E-state index is -0.334. The van der Waals surface area contributed by atoms with Crippen molar-refractivity contribution in [2.45, 2.75) is 46.1 Å². The summed E-state index contributed by atoms with van der Waals surface area (Å²) in [5.74, 6) is 1.37. The first-order valence-corrected chi connectivity index (χ1v) is 7.85. The Kier molecular flexibility index (Phi) is 5.04. The molecule has 116 valence electrons. The number of benzene rings is 1. The van der Waals surface area contributed by atoms with E-state index >= 15 is 0 Å². The predicted molar refractivity (Wildman–Crippen MR) is 86.8 cm³/mol. The lowest BCUT2D eigenvalue weighted by atomic mass is 9.93. The minimum Gasteiger partial charge on any atom is -0.385 e. The van der Waals surface area contributed by atoms with Gasteiger partial charge in [-0.15, -0.1) is 0 Å². The van der Waals surface area contributed by atoms with Gasteiger partial charge in [-0.05, 0) is 37.7 Å². The van der Waals surface area contributed by atoms with E-state index in [0.717, 1.165) is 30.3 Å². The zero-order valence-electron chi connectivity index (χ0n) is 13.1. The second kappa shape index (κ2) is 6.78. The van der Waals surface area contributed by atoms with Gasteiger partial charge in [0.05, 0.1) is 4.92 Å². The van der Waals surface area contributed by atoms with Crippen LogP contribution in [0.5, 0.6) is 0 Å². The lowest BCUT2D eigenvalue weighted by molar-refractivity contribution is -0.384. The number of anilines is 2. The van der Waals surface area contributed by atoms with Crippen molar-refractivity contribution >= 4 is 17.1 Å². The summed E-state index contributed by atoms with van der Waals surface area (Å²) in [6, 6.07) is 5.59. The van der Waals surface area contributed by atoms with E-state index in [9.17, 15) is 10.1 Å². The molecule has 0 saturated heterocycles. The molecule has 1 aromatic carbocycles. The first-order chi connectivity index (χ1) is 10.0. The van der Waals surface area contributed by atoms with Crippen LogP contribution >= 0.6 is 0 Å². The monoisotopic (exact) mass is 291 g/mol. The Bertz CT molecular complexity index is 504. The number of nitrogens with zero attached hydrogens (tertiary/aromatic N) is 1. The van der Waals surface area contributed by atoms with Crippen LogP contribution in [0.25, 0.3) is 0 Å². The van der Waals surface area contributed by atoms with Crippen molar-refractivity contribution in [2.24, 2.45) is 11.8 Å². The molecule has 1 fully saturated rings. The second-order valence-electron chi connectivity index (χ2n) is 5.91. The molecule has 3 unspecified atom stereocenters. The van der Waals surface area contributed by atoms with Crippen LogP contribution in [0.1, 0.15) is 40.0 Å². The minimum absolute atomic E-state index is 0.133. The summed E-state index contributed by atoms with van der Waals surface area (Å²) < 4.78 is 0. The molecule has 1 aliphatic carbocycles. The zero-order chi connectivity index (χ0) is 15.4. The average Bonchev–Trinajstić information content (AvgIpc) is 2.79. The highest BCUT2D eigenvalue weighted by molar-refractivity contribution is 5.63. The number of nitro benzene ring substituents is 1. The van der Waals surface area contributed by atoms with Gasteiger partial charge >= 0.3 is 0 Å². The Morgan fingerprint density at radius 3 is 2.52 bits per heavy atom. The number of rotatable bonds is 6. The maximum absolute atomic E-state index is 11.1. The third kappa shape index (κ3) is 3.65. The second-order valence-corrected chi connectivity index (χ2v) is 5.91. The van der Waals surface area contributed by atoms with E-state index in [-0.39, 0.29) is 10.6 Å². The summed E-state index contributed by atoms with van der Waals surface area (Å²) in [7, 11) is 0. The van der Waals surface area contributed by atoms with Gasteiger partial charge in [0.25, 0.3) is 5.69 Å². The Balaban J connectivity index is 2.17. The molecule has 2 N–H and O–H groups in total. The smallest absolute Gasteiger partial charge is 0.273 e. The third-order valence-electron chi connectivity index (χ3n) is 4.61. The highest BCUT2D eigenvalue weighted by Gasteiger charge is 2.31. The Labute approximate surface area is 126 Å². The largest absolute Gasteiger partial charge is 0.385 e. The summed E-state index contributed by atoms with van der Waals surface area (Å²) in [6.45, 7) is 7.25.